The molecule has 2 atom stereocenters. The third-order valence-corrected chi connectivity index (χ3v) is 4.78. The van der Waals surface area contributed by atoms with Crippen LogP contribution in [0.3, 0.4) is 0 Å². The normalized spacial score (nSPS) is 19.9. The third-order valence-electron chi connectivity index (χ3n) is 4.78. The molecule has 3 heterocycles. The quantitative estimate of drug-likeness (QED) is 0.727. The zero-order valence-corrected chi connectivity index (χ0v) is 13.8. The van der Waals surface area contributed by atoms with Crippen molar-refractivity contribution in [2.24, 2.45) is 5.92 Å². The van der Waals surface area contributed by atoms with Gasteiger partial charge < -0.3 is 4.98 Å². The second-order valence-electron chi connectivity index (χ2n) is 6.48. The van der Waals surface area contributed by atoms with Crippen molar-refractivity contribution in [2.45, 2.75) is 32.4 Å². The third kappa shape index (κ3) is 2.52. The number of hydrogen-bond donors (Lipinski definition) is 2. The molecule has 1 fully saturated rings. The van der Waals surface area contributed by atoms with Crippen molar-refractivity contribution in [2.75, 3.05) is 0 Å². The summed E-state index contributed by atoms with van der Waals surface area (Å²) in [5.74, 6) is -2.14. The maximum atomic E-state index is 13.1. The van der Waals surface area contributed by atoms with Gasteiger partial charge in [-0.2, -0.15) is 18.3 Å². The van der Waals surface area contributed by atoms with Crippen LogP contribution >= 0.6 is 0 Å². The summed E-state index contributed by atoms with van der Waals surface area (Å²) in [6.07, 6.45) is -3.10. The van der Waals surface area contributed by atoms with Crippen molar-refractivity contribution >= 4 is 5.65 Å². The molecule has 7 nitrogen and oxygen atoms in total. The lowest BCUT2D eigenvalue weighted by Gasteiger charge is -2.09. The summed E-state index contributed by atoms with van der Waals surface area (Å²) in [5.41, 5.74) is 1.00. The standard InChI is InChI=1S/C16H14F3N5O2/c1-6-7(2)24-13(21-6)9(8-3-11(8)16(17,18)19)4-12(23-24)10-5-20-15(26)22-14(10)25/h4-5,8,11H,3H2,1-2H3,(H2,20,22,25,26). The zero-order chi connectivity index (χ0) is 18.8. The first-order valence-corrected chi connectivity index (χ1v) is 7.93. The van der Waals surface area contributed by atoms with Crippen molar-refractivity contribution in [3.8, 4) is 11.3 Å². The molecule has 0 spiro atoms. The summed E-state index contributed by atoms with van der Waals surface area (Å²) in [6.45, 7) is 3.50. The summed E-state index contributed by atoms with van der Waals surface area (Å²) in [4.78, 5) is 32.1. The average Bonchev–Trinajstić information content (AvgIpc) is 3.30. The number of hydrogen-bond acceptors (Lipinski definition) is 4. The molecule has 26 heavy (non-hydrogen) atoms. The summed E-state index contributed by atoms with van der Waals surface area (Å²) in [5, 5.41) is 4.35. The largest absolute Gasteiger partial charge is 0.392 e. The smallest absolute Gasteiger partial charge is 0.313 e. The number of nitrogens with zero attached hydrogens (tertiary/aromatic N) is 3. The van der Waals surface area contributed by atoms with E-state index in [0.717, 1.165) is 0 Å². The molecule has 0 bridgehead atoms. The van der Waals surface area contributed by atoms with E-state index in [1.54, 1.807) is 13.8 Å². The molecule has 0 aliphatic heterocycles. The Morgan fingerprint density at radius 2 is 2.00 bits per heavy atom. The summed E-state index contributed by atoms with van der Waals surface area (Å²) in [6, 6.07) is 1.46. The highest BCUT2D eigenvalue weighted by Gasteiger charge is 2.57. The number of aromatic nitrogens is 5. The van der Waals surface area contributed by atoms with Gasteiger partial charge in [-0.15, -0.1) is 0 Å². The molecular weight excluding hydrogens is 351 g/mol. The van der Waals surface area contributed by atoms with Gasteiger partial charge in [-0.1, -0.05) is 0 Å². The molecule has 1 saturated carbocycles. The number of aromatic amines is 2. The number of nitrogens with one attached hydrogen (secondary N) is 2. The number of halogens is 3. The van der Waals surface area contributed by atoms with Gasteiger partial charge in [0.25, 0.3) is 5.56 Å². The van der Waals surface area contributed by atoms with E-state index < -0.39 is 29.3 Å². The van der Waals surface area contributed by atoms with Gasteiger partial charge in [-0.3, -0.25) is 9.78 Å². The summed E-state index contributed by atoms with van der Waals surface area (Å²) < 4.78 is 40.6. The van der Waals surface area contributed by atoms with Crippen LogP contribution in [0.1, 0.15) is 29.3 Å². The molecule has 1 aliphatic rings. The number of fused-ring (bicyclic) bond motifs is 1. The van der Waals surface area contributed by atoms with Crippen LogP contribution in [-0.2, 0) is 0 Å². The van der Waals surface area contributed by atoms with Crippen LogP contribution in [0.4, 0.5) is 13.2 Å². The van der Waals surface area contributed by atoms with Crippen molar-refractivity contribution in [3.05, 3.63) is 50.1 Å². The van der Waals surface area contributed by atoms with Crippen molar-refractivity contribution in [1.29, 1.82) is 0 Å². The Hall–Kier alpha value is -2.91. The molecule has 0 aromatic carbocycles. The van der Waals surface area contributed by atoms with Gasteiger partial charge in [0.15, 0.2) is 5.65 Å². The number of H-pyrrole nitrogens is 2. The lowest BCUT2D eigenvalue weighted by atomic mass is 10.1. The molecule has 2 N–H and O–H groups in total. The fourth-order valence-corrected chi connectivity index (χ4v) is 3.16. The summed E-state index contributed by atoms with van der Waals surface area (Å²) >= 11 is 0. The molecule has 136 valence electrons. The van der Waals surface area contributed by atoms with Gasteiger partial charge in [0.1, 0.15) is 0 Å². The van der Waals surface area contributed by atoms with E-state index in [4.69, 9.17) is 0 Å². The second kappa shape index (κ2) is 5.29. The molecule has 3 aromatic rings. The van der Waals surface area contributed by atoms with Gasteiger partial charge in [-0.25, -0.2) is 14.3 Å². The molecule has 1 aliphatic carbocycles. The number of rotatable bonds is 2. The van der Waals surface area contributed by atoms with Crippen LogP contribution < -0.4 is 11.2 Å². The highest BCUT2D eigenvalue weighted by atomic mass is 19.4. The Bertz CT molecular complexity index is 1140. The van der Waals surface area contributed by atoms with Crippen molar-refractivity contribution in [3.63, 3.8) is 0 Å². The number of aryl methyl sites for hydroxylation is 2. The maximum absolute atomic E-state index is 13.1. The minimum absolute atomic E-state index is 0.0183. The van der Waals surface area contributed by atoms with Crippen LogP contribution in [0.15, 0.2) is 21.9 Å². The van der Waals surface area contributed by atoms with Crippen LogP contribution in [0.5, 0.6) is 0 Å². The first-order chi connectivity index (χ1) is 12.2. The van der Waals surface area contributed by atoms with E-state index in [9.17, 15) is 22.8 Å². The predicted molar refractivity (Wildman–Crippen MR) is 86.0 cm³/mol. The Balaban J connectivity index is 1.95. The fourth-order valence-electron chi connectivity index (χ4n) is 3.16. The lowest BCUT2D eigenvalue weighted by Crippen LogP contribution is -2.23. The van der Waals surface area contributed by atoms with E-state index in [1.807, 2.05) is 0 Å². The SMILES string of the molecule is Cc1nc2c(C3CC3C(F)(F)F)cc(-c3c[nH]c(=O)[nH]c3=O)nn2c1C. The van der Waals surface area contributed by atoms with E-state index in [-0.39, 0.29) is 17.7 Å². The summed E-state index contributed by atoms with van der Waals surface area (Å²) in [7, 11) is 0. The number of alkyl halides is 3. The molecule has 3 aromatic heterocycles. The molecule has 4 rings (SSSR count). The predicted octanol–water partition coefficient (Wildman–Crippen LogP) is 2.06. The zero-order valence-electron chi connectivity index (χ0n) is 13.8. The maximum Gasteiger partial charge on any atom is 0.392 e. The van der Waals surface area contributed by atoms with Crippen LogP contribution in [0.2, 0.25) is 0 Å². The molecular formula is C16H14F3N5O2. The van der Waals surface area contributed by atoms with Crippen LogP contribution in [-0.4, -0.2) is 30.7 Å². The van der Waals surface area contributed by atoms with Gasteiger partial charge in [-0.05, 0) is 32.3 Å². The van der Waals surface area contributed by atoms with Crippen LogP contribution in [0, 0.1) is 19.8 Å². The van der Waals surface area contributed by atoms with E-state index in [2.05, 4.69) is 20.1 Å². The Labute approximate surface area is 143 Å². The molecule has 0 radical (unpaired) electrons. The minimum atomic E-state index is -4.28. The van der Waals surface area contributed by atoms with E-state index >= 15 is 0 Å². The first kappa shape index (κ1) is 16.6. The van der Waals surface area contributed by atoms with Gasteiger partial charge in [0, 0.05) is 11.8 Å². The van der Waals surface area contributed by atoms with Gasteiger partial charge >= 0.3 is 11.9 Å². The molecule has 0 amide bonds. The van der Waals surface area contributed by atoms with Gasteiger partial charge in [0.2, 0.25) is 0 Å². The highest BCUT2D eigenvalue weighted by Crippen LogP contribution is 2.57. The van der Waals surface area contributed by atoms with E-state index in [1.165, 1.54) is 16.8 Å². The Kier molecular flexibility index (Phi) is 3.37. The molecule has 0 saturated heterocycles. The lowest BCUT2D eigenvalue weighted by molar-refractivity contribution is -0.148. The van der Waals surface area contributed by atoms with E-state index in [0.29, 0.717) is 22.6 Å². The Morgan fingerprint density at radius 1 is 1.27 bits per heavy atom. The van der Waals surface area contributed by atoms with Crippen LogP contribution in [0.25, 0.3) is 16.9 Å². The minimum Gasteiger partial charge on any atom is -0.313 e. The van der Waals surface area contributed by atoms with Gasteiger partial charge in [0.05, 0.1) is 28.6 Å². The second-order valence-corrected chi connectivity index (χ2v) is 6.48. The number of imidazole rings is 1. The molecule has 2 unspecified atom stereocenters. The highest BCUT2D eigenvalue weighted by molar-refractivity contribution is 5.63. The molecule has 10 heteroatoms. The fraction of sp³-hybridized carbons (Fsp3) is 0.375. The van der Waals surface area contributed by atoms with Crippen molar-refractivity contribution < 1.29 is 13.2 Å². The topological polar surface area (TPSA) is 95.9 Å². The van der Waals surface area contributed by atoms with Crippen molar-refractivity contribution in [1.82, 2.24) is 24.6 Å². The Morgan fingerprint density at radius 3 is 2.62 bits per heavy atom. The monoisotopic (exact) mass is 365 g/mol. The first-order valence-electron chi connectivity index (χ1n) is 7.93. The average molecular weight is 365 g/mol.